The van der Waals surface area contributed by atoms with Gasteiger partial charge in [0, 0.05) is 0 Å². The van der Waals surface area contributed by atoms with E-state index in [9.17, 15) is 0 Å². The standard InChI is InChI=1S/C9H7.C7H4ClS.2ClH.S.Zr/c1-2-5-9-7-3-6-8(9)4-1;8-7-6-3-1-2-5(6)4-9-7;;;;/h1-7H;1-4H;2*1H;;/q2*-1;;;;+2/p-2. The fraction of sp³-hybridized carbons (Fsp3) is 0. The molecule has 0 bridgehead atoms. The third-order valence-corrected chi connectivity index (χ3v) is 4.17. The van der Waals surface area contributed by atoms with Gasteiger partial charge in [0.2, 0.25) is 0 Å². The third-order valence-electron chi connectivity index (χ3n) is 2.90. The van der Waals surface area contributed by atoms with Gasteiger partial charge in [-0.2, -0.15) is 17.5 Å². The van der Waals surface area contributed by atoms with E-state index in [2.05, 4.69) is 62.8 Å². The van der Waals surface area contributed by atoms with Crippen molar-refractivity contribution in [3.05, 3.63) is 70.4 Å². The van der Waals surface area contributed by atoms with Gasteiger partial charge in [-0.05, 0) is 4.34 Å². The Labute approximate surface area is 170 Å². The van der Waals surface area contributed by atoms with Crippen LogP contribution < -0.4 is 24.8 Å². The molecule has 1 aliphatic carbocycles. The van der Waals surface area contributed by atoms with Crippen molar-refractivity contribution in [1.29, 1.82) is 0 Å². The number of hydrogen-bond acceptors (Lipinski definition) is 2. The molecule has 1 heterocycles. The molecule has 0 amide bonds. The predicted octanol–water partition coefficient (Wildman–Crippen LogP) is 0.438. The maximum absolute atomic E-state index is 5.83. The summed E-state index contributed by atoms with van der Waals surface area (Å²) in [5.41, 5.74) is 2.44. The van der Waals surface area contributed by atoms with Gasteiger partial charge in [0.05, 0.1) is 0 Å². The van der Waals surface area contributed by atoms with Crippen molar-refractivity contribution in [2.75, 3.05) is 0 Å². The molecule has 0 N–H and O–H groups in total. The number of rotatable bonds is 0. The Morgan fingerprint density at radius 3 is 2.36 bits per heavy atom. The average Bonchev–Trinajstić information content (AvgIpc) is 3.20. The number of benzene rings is 1. The molecule has 6 heteroatoms. The van der Waals surface area contributed by atoms with E-state index in [4.69, 9.17) is 11.6 Å². The van der Waals surface area contributed by atoms with E-state index >= 15 is 0 Å². The van der Waals surface area contributed by atoms with Gasteiger partial charge in [-0.25, -0.2) is 11.3 Å². The summed E-state index contributed by atoms with van der Waals surface area (Å²) in [6.07, 6.45) is 0. The maximum atomic E-state index is 5.83. The Balaban J connectivity index is 0.000000334. The fourth-order valence-corrected chi connectivity index (χ4v) is 3.02. The minimum atomic E-state index is 0. The van der Waals surface area contributed by atoms with Crippen molar-refractivity contribution in [2.45, 2.75) is 0 Å². The van der Waals surface area contributed by atoms with Crippen molar-refractivity contribution < 1.29 is 47.5 Å². The van der Waals surface area contributed by atoms with Crippen molar-refractivity contribution in [3.8, 4) is 11.1 Å². The first-order valence-corrected chi connectivity index (χ1v) is 10.6. The molecule has 1 aliphatic heterocycles. The van der Waals surface area contributed by atoms with Crippen LogP contribution in [0.4, 0.5) is 0 Å². The van der Waals surface area contributed by atoms with Crippen molar-refractivity contribution >= 4 is 42.6 Å². The molecule has 0 saturated heterocycles. The van der Waals surface area contributed by atoms with Crippen molar-refractivity contribution in [3.63, 3.8) is 0 Å². The molecule has 114 valence electrons. The van der Waals surface area contributed by atoms with Crippen molar-refractivity contribution in [1.82, 2.24) is 0 Å². The quantitative estimate of drug-likeness (QED) is 0.340. The van der Waals surface area contributed by atoms with Crippen LogP contribution in [0.15, 0.2) is 66.0 Å². The molecular formula is C16H11Cl3S2Zr-2. The van der Waals surface area contributed by atoms with Gasteiger partial charge in [-0.3, -0.25) is 0 Å². The van der Waals surface area contributed by atoms with E-state index in [1.165, 1.54) is 21.9 Å². The molecular weight excluding hydrogens is 454 g/mol. The molecule has 2 aromatic carbocycles. The summed E-state index contributed by atoms with van der Waals surface area (Å²) >= 11 is 8.56. The van der Waals surface area contributed by atoms with Gasteiger partial charge in [0.25, 0.3) is 0 Å². The minimum absolute atomic E-state index is 0. The zero-order valence-electron chi connectivity index (χ0n) is 11.3. The number of thiophene rings is 1. The molecule has 0 saturated carbocycles. The van der Waals surface area contributed by atoms with E-state index in [0.717, 1.165) is 27.0 Å². The maximum Gasteiger partial charge on any atom is -0.0809 e. The molecule has 0 nitrogen and oxygen atoms in total. The minimum Gasteiger partial charge on any atom is -0.168 e. The third kappa shape index (κ3) is 5.63. The number of hydrogen-bond donors (Lipinski definition) is 0. The predicted molar refractivity (Wildman–Crippen MR) is 88.7 cm³/mol. The van der Waals surface area contributed by atoms with Gasteiger partial charge in [0.1, 0.15) is 0 Å². The molecule has 4 rings (SSSR count). The van der Waals surface area contributed by atoms with Crippen LogP contribution in [-0.4, -0.2) is 0 Å². The molecule has 0 radical (unpaired) electrons. The summed E-state index contributed by atoms with van der Waals surface area (Å²) in [6, 6.07) is 20.8. The van der Waals surface area contributed by atoms with Gasteiger partial charge in [-0.1, -0.05) is 11.4 Å². The van der Waals surface area contributed by atoms with Crippen molar-refractivity contribution in [2.24, 2.45) is 0 Å². The smallest absolute Gasteiger partial charge is 0.0809 e. The zero-order valence-corrected chi connectivity index (χ0v) is 17.7. The van der Waals surface area contributed by atoms with E-state index < -0.39 is 0 Å². The van der Waals surface area contributed by atoms with E-state index in [0.29, 0.717) is 0 Å². The summed E-state index contributed by atoms with van der Waals surface area (Å²) in [5, 5.41) is 4.73. The Morgan fingerprint density at radius 1 is 0.955 bits per heavy atom. The van der Waals surface area contributed by atoms with E-state index in [1.807, 2.05) is 12.1 Å². The molecule has 0 atom stereocenters. The Bertz CT molecular complexity index is 714. The molecule has 22 heavy (non-hydrogen) atoms. The van der Waals surface area contributed by atoms with Crippen LogP contribution in [0.2, 0.25) is 4.34 Å². The topological polar surface area (TPSA) is 0 Å². The number of fused-ring (bicyclic) bond motifs is 2. The van der Waals surface area contributed by atoms with Crippen LogP contribution >= 0.6 is 31.8 Å². The van der Waals surface area contributed by atoms with E-state index in [1.54, 1.807) is 11.3 Å². The summed E-state index contributed by atoms with van der Waals surface area (Å²) in [5.74, 6) is 0. The van der Waals surface area contributed by atoms with E-state index in [-0.39, 0.29) is 24.8 Å². The molecule has 2 aliphatic rings. The summed E-state index contributed by atoms with van der Waals surface area (Å²) in [6.45, 7) is 0. The van der Waals surface area contributed by atoms with Gasteiger partial charge >= 0.3 is 31.5 Å². The fourth-order valence-electron chi connectivity index (χ4n) is 1.96. The summed E-state index contributed by atoms with van der Waals surface area (Å²) in [7, 11) is 4.17. The molecule has 0 spiro atoms. The van der Waals surface area contributed by atoms with Crippen LogP contribution in [0.25, 0.3) is 21.9 Å². The van der Waals surface area contributed by atoms with Crippen LogP contribution in [0.5, 0.6) is 0 Å². The molecule has 0 unspecified atom stereocenters. The number of halogens is 3. The average molecular weight is 465 g/mol. The van der Waals surface area contributed by atoms with Crippen LogP contribution in [0.1, 0.15) is 0 Å². The summed E-state index contributed by atoms with van der Waals surface area (Å²) in [4.78, 5) is 0. The van der Waals surface area contributed by atoms with Crippen LogP contribution in [0.3, 0.4) is 0 Å². The second-order valence-electron chi connectivity index (χ2n) is 4.06. The Morgan fingerprint density at radius 2 is 1.68 bits per heavy atom. The van der Waals surface area contributed by atoms with Crippen LogP contribution in [0, 0.1) is 0 Å². The first-order chi connectivity index (χ1) is 9.84. The second-order valence-corrected chi connectivity index (χ2v) is 5.54. The second kappa shape index (κ2) is 11.6. The molecule has 0 fully saturated rings. The normalized spacial score (nSPS) is 8.86. The first kappa shape index (κ1) is 22.1. The van der Waals surface area contributed by atoms with Gasteiger partial charge < -0.3 is 24.8 Å². The van der Waals surface area contributed by atoms with Gasteiger partial charge in [-0.15, -0.1) is 70.6 Å². The SMILES string of the molecule is Clc1s[cH-]c2cccc1-2.[Cl-].[Cl-].[S]=[Zr+2].c1ccc2[cH-]ccc2c1. The molecule has 2 aromatic rings. The molecule has 0 aromatic heterocycles. The monoisotopic (exact) mass is 462 g/mol. The first-order valence-electron chi connectivity index (χ1n) is 5.94. The van der Waals surface area contributed by atoms with Gasteiger partial charge in [0.15, 0.2) is 0 Å². The summed E-state index contributed by atoms with van der Waals surface area (Å²) < 4.78 is 0.898. The largest absolute Gasteiger partial charge is 0.168 e. The van der Waals surface area contributed by atoms with Crippen LogP contribution in [-0.2, 0) is 22.7 Å². The zero-order chi connectivity index (χ0) is 14.4. The Kier molecular flexibility index (Phi) is 11.7. The Hall–Kier alpha value is 0.113.